The average molecular weight is 657 g/mol. The van der Waals surface area contributed by atoms with E-state index in [1.54, 1.807) is 17.4 Å². The molecule has 0 spiro atoms. The quantitative estimate of drug-likeness (QED) is 0.341. The molecule has 0 unspecified atom stereocenters. The topological polar surface area (TPSA) is 112 Å². The van der Waals surface area contributed by atoms with Crippen molar-refractivity contribution in [2.24, 2.45) is 4.99 Å². The van der Waals surface area contributed by atoms with Crippen LogP contribution in [-0.4, -0.2) is 90.9 Å². The fourth-order valence-corrected chi connectivity index (χ4v) is 7.15. The minimum absolute atomic E-state index is 0.00326. The molecular formula is C30H38BrN7O3S. The van der Waals surface area contributed by atoms with Gasteiger partial charge in [-0.15, -0.1) is 0 Å². The molecule has 1 fully saturated rings. The molecule has 2 N–H and O–H groups in total. The van der Waals surface area contributed by atoms with Crippen LogP contribution in [0.15, 0.2) is 46.0 Å². The van der Waals surface area contributed by atoms with Crippen molar-refractivity contribution < 1.29 is 13.2 Å². The number of anilines is 1. The maximum atomic E-state index is 12.5. The van der Waals surface area contributed by atoms with Crippen LogP contribution in [0, 0.1) is 13.8 Å². The number of carbonyl (C=O) groups is 1. The van der Waals surface area contributed by atoms with Gasteiger partial charge >= 0.3 is 0 Å². The van der Waals surface area contributed by atoms with Crippen LogP contribution in [0.1, 0.15) is 46.3 Å². The maximum absolute atomic E-state index is 12.5. The van der Waals surface area contributed by atoms with Gasteiger partial charge in [0, 0.05) is 73.0 Å². The largest absolute Gasteiger partial charge is 0.378 e. The standard InChI is InChI=1S/C30H38BrN7O3S/c1-6-42(40,41)37-13-11-22(18-37)34-28-25(31)17-33-27-16-26(35-29(27)28)24-15-19(2)38(20(24)3)23-9-7-21(8-10-23)30(39)32-12-14-36(4)5/h7-10,15,17,22H,6,11-14,16,18H2,1-5H3,(H,32,39)(H,33,34)/t22-/m0/s1. The second kappa shape index (κ2) is 12.3. The predicted octanol–water partition coefficient (Wildman–Crippen LogP) is 4.06. The first-order valence-corrected chi connectivity index (χ1v) is 16.6. The van der Waals surface area contributed by atoms with Crippen molar-refractivity contribution in [2.75, 3.05) is 51.3 Å². The van der Waals surface area contributed by atoms with E-state index in [0.29, 0.717) is 31.6 Å². The number of likely N-dealkylation sites (N-methyl/N-ethyl adjacent to an activating group) is 1. The molecule has 10 nitrogen and oxygen atoms in total. The highest BCUT2D eigenvalue weighted by atomic mass is 79.9. The number of hydrogen-bond acceptors (Lipinski definition) is 7. The number of halogens is 1. The van der Waals surface area contributed by atoms with Crippen LogP contribution in [0.3, 0.4) is 0 Å². The van der Waals surface area contributed by atoms with Gasteiger partial charge in [-0.05, 0) is 87.5 Å². The Hall–Kier alpha value is -3.06. The third kappa shape index (κ3) is 6.17. The molecule has 1 atom stereocenters. The Bertz CT molecular complexity index is 1630. The Labute approximate surface area is 256 Å². The summed E-state index contributed by atoms with van der Waals surface area (Å²) in [6, 6.07) is 9.81. The van der Waals surface area contributed by atoms with Gasteiger partial charge in [-0.1, -0.05) is 0 Å². The van der Waals surface area contributed by atoms with E-state index in [1.165, 1.54) is 0 Å². The molecular weight excluding hydrogens is 618 g/mol. The van der Waals surface area contributed by atoms with Crippen molar-refractivity contribution in [1.29, 1.82) is 0 Å². The zero-order valence-electron chi connectivity index (χ0n) is 24.7. The fraction of sp³-hybridized carbons (Fsp3) is 0.433. The lowest BCUT2D eigenvalue weighted by Crippen LogP contribution is -2.32. The maximum Gasteiger partial charge on any atom is 0.251 e. The molecule has 2 aliphatic rings. The number of benzene rings is 1. The summed E-state index contributed by atoms with van der Waals surface area (Å²) < 4.78 is 29.3. The lowest BCUT2D eigenvalue weighted by molar-refractivity contribution is 0.0951. The van der Waals surface area contributed by atoms with E-state index in [1.807, 2.05) is 43.3 Å². The number of rotatable bonds is 10. The number of fused-ring (bicyclic) bond motifs is 1. The third-order valence-electron chi connectivity index (χ3n) is 7.90. The summed E-state index contributed by atoms with van der Waals surface area (Å²) in [6.07, 6.45) is 3.13. The highest BCUT2D eigenvalue weighted by Gasteiger charge is 2.32. The Morgan fingerprint density at radius 1 is 1.19 bits per heavy atom. The minimum Gasteiger partial charge on any atom is -0.378 e. The number of aromatic nitrogens is 2. The minimum atomic E-state index is -3.21. The molecule has 42 heavy (non-hydrogen) atoms. The van der Waals surface area contributed by atoms with Gasteiger partial charge in [0.05, 0.1) is 27.3 Å². The van der Waals surface area contributed by atoms with Crippen molar-refractivity contribution in [3.63, 3.8) is 0 Å². The molecule has 5 rings (SSSR count). The monoisotopic (exact) mass is 655 g/mol. The van der Waals surface area contributed by atoms with Gasteiger partial charge in [0.15, 0.2) is 0 Å². The predicted molar refractivity (Wildman–Crippen MR) is 171 cm³/mol. The van der Waals surface area contributed by atoms with Crippen LogP contribution >= 0.6 is 15.9 Å². The van der Waals surface area contributed by atoms with Crippen molar-refractivity contribution in [1.82, 2.24) is 24.1 Å². The van der Waals surface area contributed by atoms with Gasteiger partial charge < -0.3 is 20.1 Å². The van der Waals surface area contributed by atoms with Gasteiger partial charge in [0.25, 0.3) is 5.91 Å². The molecule has 2 aliphatic heterocycles. The zero-order valence-corrected chi connectivity index (χ0v) is 27.1. The molecule has 2 aromatic heterocycles. The first kappa shape index (κ1) is 30.4. The second-order valence-corrected chi connectivity index (χ2v) is 14.2. The van der Waals surface area contributed by atoms with Crippen LogP contribution in [0.25, 0.3) is 5.69 Å². The van der Waals surface area contributed by atoms with Gasteiger partial charge in [0.2, 0.25) is 10.0 Å². The number of carbonyl (C=O) groups excluding carboxylic acids is 1. The number of aryl methyl sites for hydroxylation is 1. The Morgan fingerprint density at radius 3 is 2.62 bits per heavy atom. The van der Waals surface area contributed by atoms with Crippen LogP contribution in [0.4, 0.5) is 11.4 Å². The first-order chi connectivity index (χ1) is 20.0. The molecule has 3 aromatic rings. The van der Waals surface area contributed by atoms with Crippen LogP contribution in [-0.2, 0) is 16.4 Å². The van der Waals surface area contributed by atoms with Gasteiger partial charge in [-0.2, -0.15) is 4.31 Å². The van der Waals surface area contributed by atoms with E-state index in [4.69, 9.17) is 4.99 Å². The Balaban J connectivity index is 1.36. The van der Waals surface area contributed by atoms with Crippen molar-refractivity contribution in [2.45, 2.75) is 39.7 Å². The first-order valence-electron chi connectivity index (χ1n) is 14.2. The van der Waals surface area contributed by atoms with Gasteiger partial charge in [-0.3, -0.25) is 9.78 Å². The lowest BCUT2D eigenvalue weighted by atomic mass is 10.1. The molecule has 1 aromatic carbocycles. The molecule has 0 aliphatic carbocycles. The van der Waals surface area contributed by atoms with Crippen LogP contribution in [0.5, 0.6) is 0 Å². The summed E-state index contributed by atoms with van der Waals surface area (Å²) in [6.45, 7) is 8.17. The summed E-state index contributed by atoms with van der Waals surface area (Å²) in [5.41, 5.74) is 8.27. The van der Waals surface area contributed by atoms with Crippen molar-refractivity contribution in [3.05, 3.63) is 69.2 Å². The smallest absolute Gasteiger partial charge is 0.251 e. The summed E-state index contributed by atoms with van der Waals surface area (Å²) in [4.78, 5) is 24.3. The van der Waals surface area contributed by atoms with Crippen molar-refractivity contribution >= 4 is 48.9 Å². The third-order valence-corrected chi connectivity index (χ3v) is 10.3. The van der Waals surface area contributed by atoms with Crippen LogP contribution < -0.4 is 10.6 Å². The Kier molecular flexibility index (Phi) is 8.89. The molecule has 12 heteroatoms. The number of nitrogens with zero attached hydrogens (tertiary/aromatic N) is 5. The average Bonchev–Trinajstić information content (AvgIpc) is 3.68. The highest BCUT2D eigenvalue weighted by Crippen LogP contribution is 2.41. The molecule has 4 heterocycles. The van der Waals surface area contributed by atoms with E-state index in [0.717, 1.165) is 62.9 Å². The van der Waals surface area contributed by atoms with Crippen molar-refractivity contribution in [3.8, 4) is 5.69 Å². The molecule has 224 valence electrons. The van der Waals surface area contributed by atoms with E-state index in [-0.39, 0.29) is 17.7 Å². The van der Waals surface area contributed by atoms with Gasteiger partial charge in [0.1, 0.15) is 5.69 Å². The number of nitrogens with one attached hydrogen (secondary N) is 2. The SMILES string of the molecule is CCS(=O)(=O)N1CC[C@H](Nc2c(Br)cnc3c2N=C(c2cc(C)n(-c4ccc(C(=O)NCCN(C)C)cc4)c2C)C3)C1. The second-order valence-electron chi connectivity index (χ2n) is 11.1. The number of pyridine rings is 1. The number of hydrogen-bond donors (Lipinski definition) is 2. The Morgan fingerprint density at radius 2 is 1.93 bits per heavy atom. The molecule has 1 saturated heterocycles. The molecule has 0 saturated carbocycles. The van der Waals surface area contributed by atoms with Gasteiger partial charge in [-0.25, -0.2) is 13.4 Å². The molecule has 0 radical (unpaired) electrons. The zero-order chi connectivity index (χ0) is 30.2. The number of sulfonamides is 1. The lowest BCUT2D eigenvalue weighted by Gasteiger charge is -2.18. The summed E-state index contributed by atoms with van der Waals surface area (Å²) in [7, 11) is 0.741. The fourth-order valence-electron chi connectivity index (χ4n) is 5.59. The summed E-state index contributed by atoms with van der Waals surface area (Å²) in [5.74, 6) is 0.0277. The molecule has 1 amide bonds. The number of aliphatic imine (C=N–C) groups is 1. The van der Waals surface area contributed by atoms with E-state index < -0.39 is 10.0 Å². The number of amides is 1. The molecule has 0 bridgehead atoms. The normalized spacial score (nSPS) is 17.0. The summed E-state index contributed by atoms with van der Waals surface area (Å²) >= 11 is 3.64. The highest BCUT2D eigenvalue weighted by molar-refractivity contribution is 9.10. The van der Waals surface area contributed by atoms with Crippen LogP contribution in [0.2, 0.25) is 0 Å². The van der Waals surface area contributed by atoms with E-state index >= 15 is 0 Å². The van der Waals surface area contributed by atoms with E-state index in [9.17, 15) is 13.2 Å². The summed E-state index contributed by atoms with van der Waals surface area (Å²) in [5, 5.41) is 6.51. The van der Waals surface area contributed by atoms with E-state index in [2.05, 4.69) is 56.0 Å².